The van der Waals surface area contributed by atoms with Crippen LogP contribution in [0.2, 0.25) is 0 Å². The Balaban J connectivity index is 2.22. The zero-order chi connectivity index (χ0) is 13.0. The van der Waals surface area contributed by atoms with E-state index in [4.69, 9.17) is 9.15 Å². The Labute approximate surface area is 108 Å². The number of rotatable bonds is 6. The molecule has 0 aliphatic heterocycles. The fraction of sp³-hybridized carbons (Fsp3) is 0.467. The number of methoxy groups -OCH3 is 1. The van der Waals surface area contributed by atoms with Crippen LogP contribution in [0.15, 0.2) is 28.7 Å². The van der Waals surface area contributed by atoms with Crippen molar-refractivity contribution < 1.29 is 9.15 Å². The van der Waals surface area contributed by atoms with Gasteiger partial charge in [-0.15, -0.1) is 0 Å². The smallest absolute Gasteiger partial charge is 0.134 e. The van der Waals surface area contributed by atoms with Gasteiger partial charge < -0.3 is 14.5 Å². The molecule has 0 bridgehead atoms. The van der Waals surface area contributed by atoms with Gasteiger partial charge in [-0.1, -0.05) is 32.0 Å². The van der Waals surface area contributed by atoms with Gasteiger partial charge in [-0.25, -0.2) is 0 Å². The molecule has 1 aromatic heterocycles. The summed E-state index contributed by atoms with van der Waals surface area (Å²) in [5, 5.41) is 4.57. The quantitative estimate of drug-likeness (QED) is 0.850. The van der Waals surface area contributed by atoms with E-state index in [0.29, 0.717) is 12.5 Å². The van der Waals surface area contributed by atoms with Crippen molar-refractivity contribution >= 4 is 11.0 Å². The van der Waals surface area contributed by atoms with Crippen LogP contribution in [-0.2, 0) is 17.9 Å². The fourth-order valence-electron chi connectivity index (χ4n) is 2.07. The van der Waals surface area contributed by atoms with Crippen molar-refractivity contribution in [1.82, 2.24) is 5.32 Å². The maximum Gasteiger partial charge on any atom is 0.134 e. The second-order valence-electron chi connectivity index (χ2n) is 4.96. The molecule has 0 aliphatic rings. The summed E-state index contributed by atoms with van der Waals surface area (Å²) < 4.78 is 11.2. The van der Waals surface area contributed by atoms with Crippen LogP contribution in [0.1, 0.15) is 25.2 Å². The molecule has 98 valence electrons. The van der Waals surface area contributed by atoms with Crippen molar-refractivity contribution in [3.63, 3.8) is 0 Å². The maximum atomic E-state index is 5.89. The van der Waals surface area contributed by atoms with Gasteiger partial charge in [0.15, 0.2) is 0 Å². The summed E-state index contributed by atoms with van der Waals surface area (Å²) >= 11 is 0. The first-order valence-corrected chi connectivity index (χ1v) is 6.41. The lowest BCUT2D eigenvalue weighted by molar-refractivity contribution is 0.183. The topological polar surface area (TPSA) is 34.4 Å². The Morgan fingerprint density at radius 3 is 2.78 bits per heavy atom. The molecule has 1 aromatic carbocycles. The van der Waals surface area contributed by atoms with Crippen LogP contribution in [0.5, 0.6) is 0 Å². The number of furan rings is 1. The minimum atomic E-state index is 0.593. The molecule has 2 aromatic rings. The van der Waals surface area contributed by atoms with Gasteiger partial charge in [-0.05, 0) is 18.5 Å². The molecule has 0 aliphatic carbocycles. The third kappa shape index (κ3) is 2.92. The third-order valence-corrected chi connectivity index (χ3v) is 2.91. The first kappa shape index (κ1) is 13.1. The number of hydrogen-bond donors (Lipinski definition) is 1. The normalized spacial score (nSPS) is 11.6. The molecule has 0 unspecified atom stereocenters. The van der Waals surface area contributed by atoms with E-state index in [1.165, 1.54) is 0 Å². The van der Waals surface area contributed by atoms with Gasteiger partial charge in [0, 0.05) is 18.1 Å². The van der Waals surface area contributed by atoms with Crippen molar-refractivity contribution in [2.75, 3.05) is 13.7 Å². The first-order chi connectivity index (χ1) is 8.72. The Morgan fingerprint density at radius 2 is 2.06 bits per heavy atom. The third-order valence-electron chi connectivity index (χ3n) is 2.91. The van der Waals surface area contributed by atoms with Crippen molar-refractivity contribution in [3.05, 3.63) is 35.6 Å². The molecular formula is C15H21NO2. The van der Waals surface area contributed by atoms with Gasteiger partial charge in [0.25, 0.3) is 0 Å². The van der Waals surface area contributed by atoms with E-state index in [9.17, 15) is 0 Å². The highest BCUT2D eigenvalue weighted by Crippen LogP contribution is 2.26. The lowest BCUT2D eigenvalue weighted by Crippen LogP contribution is -2.19. The average molecular weight is 247 g/mol. The standard InChI is InChI=1S/C15H21NO2/c1-11(2)8-16-9-15-13(10-17-3)12-6-4-5-7-14(12)18-15/h4-7,11,16H,8-10H2,1-3H3. The van der Waals surface area contributed by atoms with Crippen LogP contribution in [-0.4, -0.2) is 13.7 Å². The molecule has 0 amide bonds. The predicted octanol–water partition coefficient (Wildman–Crippen LogP) is 3.32. The Kier molecular flexibility index (Phi) is 4.39. The van der Waals surface area contributed by atoms with Crippen LogP contribution < -0.4 is 5.32 Å². The second kappa shape index (κ2) is 6.03. The highest BCUT2D eigenvalue weighted by Gasteiger charge is 2.13. The van der Waals surface area contributed by atoms with Crippen LogP contribution in [0.25, 0.3) is 11.0 Å². The molecule has 0 spiro atoms. The molecule has 0 saturated carbocycles. The van der Waals surface area contributed by atoms with Gasteiger partial charge in [0.1, 0.15) is 11.3 Å². The van der Waals surface area contributed by atoms with Gasteiger partial charge in [-0.3, -0.25) is 0 Å². The maximum absolute atomic E-state index is 5.89. The highest BCUT2D eigenvalue weighted by molar-refractivity contribution is 5.82. The summed E-state index contributed by atoms with van der Waals surface area (Å²) in [5.74, 6) is 1.62. The summed E-state index contributed by atoms with van der Waals surface area (Å²) in [4.78, 5) is 0. The van der Waals surface area contributed by atoms with E-state index in [-0.39, 0.29) is 0 Å². The lowest BCUT2D eigenvalue weighted by atomic mass is 10.1. The number of benzene rings is 1. The molecule has 3 nitrogen and oxygen atoms in total. The summed E-state index contributed by atoms with van der Waals surface area (Å²) in [6, 6.07) is 8.11. The van der Waals surface area contributed by atoms with Crippen molar-refractivity contribution in [3.8, 4) is 0 Å². The fourth-order valence-corrected chi connectivity index (χ4v) is 2.07. The molecule has 3 heteroatoms. The number of ether oxygens (including phenoxy) is 1. The van der Waals surface area contributed by atoms with Crippen LogP contribution in [0.3, 0.4) is 0 Å². The molecule has 0 fully saturated rings. The summed E-state index contributed by atoms with van der Waals surface area (Å²) in [5.41, 5.74) is 2.09. The summed E-state index contributed by atoms with van der Waals surface area (Å²) in [7, 11) is 1.72. The molecular weight excluding hydrogens is 226 g/mol. The zero-order valence-electron chi connectivity index (χ0n) is 11.3. The van der Waals surface area contributed by atoms with E-state index in [2.05, 4.69) is 25.2 Å². The molecule has 1 N–H and O–H groups in total. The van der Waals surface area contributed by atoms with E-state index in [1.54, 1.807) is 7.11 Å². The van der Waals surface area contributed by atoms with Crippen molar-refractivity contribution in [2.24, 2.45) is 5.92 Å². The Bertz CT molecular complexity index is 502. The van der Waals surface area contributed by atoms with E-state index < -0.39 is 0 Å². The average Bonchev–Trinajstić information content (AvgIpc) is 2.68. The number of hydrogen-bond acceptors (Lipinski definition) is 3. The predicted molar refractivity (Wildman–Crippen MR) is 73.5 cm³/mol. The van der Waals surface area contributed by atoms with Crippen LogP contribution in [0, 0.1) is 5.92 Å². The minimum absolute atomic E-state index is 0.593. The van der Waals surface area contributed by atoms with E-state index in [1.807, 2.05) is 18.2 Å². The molecule has 0 saturated heterocycles. The number of fused-ring (bicyclic) bond motifs is 1. The second-order valence-corrected chi connectivity index (χ2v) is 4.96. The van der Waals surface area contributed by atoms with Crippen LogP contribution >= 0.6 is 0 Å². The summed E-state index contributed by atoms with van der Waals surface area (Å²) in [6.45, 7) is 6.73. The number of para-hydroxylation sites is 1. The van der Waals surface area contributed by atoms with Crippen molar-refractivity contribution in [1.29, 1.82) is 0 Å². The van der Waals surface area contributed by atoms with E-state index >= 15 is 0 Å². The molecule has 2 rings (SSSR count). The van der Waals surface area contributed by atoms with Gasteiger partial charge in [0.05, 0.1) is 13.2 Å². The minimum Gasteiger partial charge on any atom is -0.459 e. The van der Waals surface area contributed by atoms with Gasteiger partial charge in [0.2, 0.25) is 0 Å². The zero-order valence-corrected chi connectivity index (χ0v) is 11.3. The van der Waals surface area contributed by atoms with Crippen LogP contribution in [0.4, 0.5) is 0 Å². The summed E-state index contributed by atoms with van der Waals surface area (Å²) in [6.07, 6.45) is 0. The Morgan fingerprint density at radius 1 is 1.28 bits per heavy atom. The first-order valence-electron chi connectivity index (χ1n) is 6.41. The lowest BCUT2D eigenvalue weighted by Gasteiger charge is -2.07. The molecule has 18 heavy (non-hydrogen) atoms. The molecule has 0 atom stereocenters. The number of nitrogens with one attached hydrogen (secondary N) is 1. The highest BCUT2D eigenvalue weighted by atomic mass is 16.5. The van der Waals surface area contributed by atoms with Crippen molar-refractivity contribution in [2.45, 2.75) is 27.0 Å². The monoisotopic (exact) mass is 247 g/mol. The Hall–Kier alpha value is -1.32. The van der Waals surface area contributed by atoms with Gasteiger partial charge in [-0.2, -0.15) is 0 Å². The van der Waals surface area contributed by atoms with E-state index in [0.717, 1.165) is 35.4 Å². The molecule has 1 heterocycles. The van der Waals surface area contributed by atoms with Gasteiger partial charge >= 0.3 is 0 Å². The largest absolute Gasteiger partial charge is 0.459 e. The molecule has 0 radical (unpaired) electrons. The SMILES string of the molecule is COCc1c(CNCC(C)C)oc2ccccc12.